The number of hydrogen-bond acceptors (Lipinski definition) is 4. The molecule has 2 N–H and O–H groups in total. The van der Waals surface area contributed by atoms with Crippen molar-refractivity contribution >= 4 is 51.7 Å². The molecule has 0 bridgehead atoms. The van der Waals surface area contributed by atoms with E-state index in [4.69, 9.17) is 0 Å². The standard InChI is InChI=1S/C19H30N4O2S2.HI/c1-20-18(23-14-15-26-19(16-23)10-6-3-7-11-19)21-12-13-22-27(24,25)17-8-4-2-5-9-17;/h2,4-5,8-9,22H,3,6-7,10-16H2,1H3,(H,20,21);1H. The van der Waals surface area contributed by atoms with E-state index in [0.29, 0.717) is 22.7 Å². The van der Waals surface area contributed by atoms with Crippen LogP contribution in [-0.4, -0.2) is 63.0 Å². The first-order chi connectivity index (χ1) is 13.0. The third kappa shape index (κ3) is 6.24. The summed E-state index contributed by atoms with van der Waals surface area (Å²) in [6.45, 7) is 2.86. The van der Waals surface area contributed by atoms with Crippen LogP contribution in [0, 0.1) is 0 Å². The van der Waals surface area contributed by atoms with Gasteiger partial charge in [0.2, 0.25) is 10.0 Å². The molecule has 158 valence electrons. The van der Waals surface area contributed by atoms with E-state index in [1.807, 2.05) is 0 Å². The molecule has 0 amide bonds. The molecule has 1 spiro atoms. The minimum atomic E-state index is -3.46. The number of rotatable bonds is 5. The van der Waals surface area contributed by atoms with Gasteiger partial charge in [-0.3, -0.25) is 4.99 Å². The van der Waals surface area contributed by atoms with Gasteiger partial charge in [0, 0.05) is 43.7 Å². The Morgan fingerprint density at radius 1 is 1.18 bits per heavy atom. The second-order valence-electron chi connectivity index (χ2n) is 7.20. The smallest absolute Gasteiger partial charge is 0.240 e. The van der Waals surface area contributed by atoms with E-state index in [1.165, 1.54) is 32.1 Å². The Bertz CT molecular complexity index is 732. The summed E-state index contributed by atoms with van der Waals surface area (Å²) >= 11 is 2.13. The summed E-state index contributed by atoms with van der Waals surface area (Å²) in [5, 5.41) is 3.32. The lowest BCUT2D eigenvalue weighted by Crippen LogP contribution is -2.54. The molecule has 9 heteroatoms. The minimum Gasteiger partial charge on any atom is -0.355 e. The third-order valence-electron chi connectivity index (χ3n) is 5.28. The summed E-state index contributed by atoms with van der Waals surface area (Å²) in [4.78, 5) is 7.06. The number of benzene rings is 1. The van der Waals surface area contributed by atoms with Crippen molar-refractivity contribution in [2.45, 2.75) is 41.7 Å². The van der Waals surface area contributed by atoms with Crippen molar-refractivity contribution in [3.8, 4) is 0 Å². The van der Waals surface area contributed by atoms with Crippen LogP contribution >= 0.6 is 35.7 Å². The number of nitrogens with zero attached hydrogens (tertiary/aromatic N) is 2. The quantitative estimate of drug-likeness (QED) is 0.261. The van der Waals surface area contributed by atoms with Gasteiger partial charge in [-0.25, -0.2) is 13.1 Å². The molecule has 0 aromatic heterocycles. The molecule has 0 radical (unpaired) electrons. The van der Waals surface area contributed by atoms with E-state index in [-0.39, 0.29) is 24.0 Å². The lowest BCUT2D eigenvalue weighted by atomic mass is 9.87. The first-order valence-corrected chi connectivity index (χ1v) is 12.2. The van der Waals surface area contributed by atoms with Crippen LogP contribution in [0.15, 0.2) is 40.2 Å². The largest absolute Gasteiger partial charge is 0.355 e. The first-order valence-electron chi connectivity index (χ1n) is 9.69. The van der Waals surface area contributed by atoms with Gasteiger partial charge in [0.1, 0.15) is 0 Å². The number of hydrogen-bond donors (Lipinski definition) is 2. The second-order valence-corrected chi connectivity index (χ2v) is 10.5. The van der Waals surface area contributed by atoms with E-state index in [1.54, 1.807) is 37.4 Å². The fourth-order valence-corrected chi connectivity index (χ4v) is 6.52. The number of halogens is 1. The topological polar surface area (TPSA) is 73.8 Å². The fourth-order valence-electron chi connectivity index (χ4n) is 3.90. The molecule has 1 heterocycles. The van der Waals surface area contributed by atoms with Crippen LogP contribution in [0.25, 0.3) is 0 Å². The van der Waals surface area contributed by atoms with Crippen molar-refractivity contribution in [2.24, 2.45) is 4.99 Å². The predicted molar refractivity (Wildman–Crippen MR) is 128 cm³/mol. The van der Waals surface area contributed by atoms with Gasteiger partial charge >= 0.3 is 0 Å². The van der Waals surface area contributed by atoms with Crippen molar-refractivity contribution < 1.29 is 8.42 Å². The Morgan fingerprint density at radius 2 is 1.89 bits per heavy atom. The van der Waals surface area contributed by atoms with Crippen LogP contribution in [0.2, 0.25) is 0 Å². The molecule has 6 nitrogen and oxygen atoms in total. The molecule has 1 saturated heterocycles. The highest BCUT2D eigenvalue weighted by Gasteiger charge is 2.38. The van der Waals surface area contributed by atoms with Crippen molar-refractivity contribution in [3.63, 3.8) is 0 Å². The first kappa shape index (κ1) is 23.8. The Kier molecular flexibility index (Phi) is 9.36. The molecule has 1 aromatic carbocycles. The number of nitrogens with one attached hydrogen (secondary N) is 2. The Balaban J connectivity index is 0.00000280. The average molecular weight is 539 g/mol. The molecule has 2 aliphatic rings. The Labute approximate surface area is 190 Å². The molecular weight excluding hydrogens is 507 g/mol. The summed E-state index contributed by atoms with van der Waals surface area (Å²) in [5.74, 6) is 2.00. The zero-order valence-electron chi connectivity index (χ0n) is 16.4. The summed E-state index contributed by atoms with van der Waals surface area (Å²) in [7, 11) is -1.66. The van der Waals surface area contributed by atoms with E-state index in [9.17, 15) is 8.42 Å². The van der Waals surface area contributed by atoms with Gasteiger partial charge in [-0.1, -0.05) is 37.5 Å². The fraction of sp³-hybridized carbons (Fsp3) is 0.632. The normalized spacial score (nSPS) is 19.9. The van der Waals surface area contributed by atoms with Gasteiger partial charge in [0.25, 0.3) is 0 Å². The highest BCUT2D eigenvalue weighted by atomic mass is 127. The number of aliphatic imine (C=N–C) groups is 1. The minimum absolute atomic E-state index is 0. The van der Waals surface area contributed by atoms with Gasteiger partial charge in [-0.05, 0) is 25.0 Å². The molecular formula is C19H31IN4O2S2. The highest BCUT2D eigenvalue weighted by Crippen LogP contribution is 2.42. The Morgan fingerprint density at radius 3 is 2.57 bits per heavy atom. The van der Waals surface area contributed by atoms with Gasteiger partial charge < -0.3 is 10.2 Å². The zero-order valence-corrected chi connectivity index (χ0v) is 20.4. The molecule has 1 saturated carbocycles. The molecule has 28 heavy (non-hydrogen) atoms. The maximum atomic E-state index is 12.3. The molecule has 2 fully saturated rings. The van der Waals surface area contributed by atoms with Crippen LogP contribution < -0.4 is 10.0 Å². The van der Waals surface area contributed by atoms with Crippen LogP contribution in [0.4, 0.5) is 0 Å². The number of thioether (sulfide) groups is 1. The van der Waals surface area contributed by atoms with Gasteiger partial charge in [0.15, 0.2) is 5.96 Å². The van der Waals surface area contributed by atoms with Crippen LogP contribution in [0.3, 0.4) is 0 Å². The average Bonchev–Trinajstić information content (AvgIpc) is 2.69. The van der Waals surface area contributed by atoms with Gasteiger partial charge in [-0.2, -0.15) is 11.8 Å². The summed E-state index contributed by atoms with van der Waals surface area (Å²) in [5.41, 5.74) is 0. The van der Waals surface area contributed by atoms with Crippen LogP contribution in [0.5, 0.6) is 0 Å². The van der Waals surface area contributed by atoms with E-state index < -0.39 is 10.0 Å². The van der Waals surface area contributed by atoms with E-state index in [0.717, 1.165) is 24.8 Å². The lowest BCUT2D eigenvalue weighted by molar-refractivity contribution is 0.293. The van der Waals surface area contributed by atoms with Crippen molar-refractivity contribution in [1.29, 1.82) is 0 Å². The second kappa shape index (κ2) is 11.0. The monoisotopic (exact) mass is 538 g/mol. The third-order valence-corrected chi connectivity index (χ3v) is 8.29. The maximum Gasteiger partial charge on any atom is 0.240 e. The summed E-state index contributed by atoms with van der Waals surface area (Å²) in [6, 6.07) is 8.46. The van der Waals surface area contributed by atoms with Gasteiger partial charge in [-0.15, -0.1) is 24.0 Å². The van der Waals surface area contributed by atoms with Crippen molar-refractivity contribution in [2.75, 3.05) is 39.0 Å². The maximum absolute atomic E-state index is 12.3. The van der Waals surface area contributed by atoms with Gasteiger partial charge in [0.05, 0.1) is 4.90 Å². The summed E-state index contributed by atoms with van der Waals surface area (Å²) < 4.78 is 27.6. The highest BCUT2D eigenvalue weighted by molar-refractivity contribution is 14.0. The van der Waals surface area contributed by atoms with Crippen molar-refractivity contribution in [3.05, 3.63) is 30.3 Å². The molecule has 3 rings (SSSR count). The predicted octanol–water partition coefficient (Wildman–Crippen LogP) is 2.91. The molecule has 1 aliphatic heterocycles. The zero-order chi connectivity index (χ0) is 19.2. The Hall–Kier alpha value is -0.520. The number of guanidine groups is 1. The number of sulfonamides is 1. The molecule has 1 aromatic rings. The summed E-state index contributed by atoms with van der Waals surface area (Å²) in [6.07, 6.45) is 6.60. The van der Waals surface area contributed by atoms with Crippen LogP contribution in [-0.2, 0) is 10.0 Å². The van der Waals surface area contributed by atoms with Crippen LogP contribution in [0.1, 0.15) is 32.1 Å². The van der Waals surface area contributed by atoms with E-state index >= 15 is 0 Å². The van der Waals surface area contributed by atoms with Crippen molar-refractivity contribution in [1.82, 2.24) is 14.9 Å². The molecule has 0 unspecified atom stereocenters. The van der Waals surface area contributed by atoms with E-state index in [2.05, 4.69) is 31.7 Å². The molecule has 1 aliphatic carbocycles. The SMILES string of the molecule is CN=C(NCCNS(=O)(=O)c1ccccc1)N1CCSC2(CCCCC2)C1.I. The molecule has 0 atom stereocenters. The lowest BCUT2D eigenvalue weighted by Gasteiger charge is -2.45.